The Hall–Kier alpha value is -1.75. The fourth-order valence-corrected chi connectivity index (χ4v) is 1.55. The first-order chi connectivity index (χ1) is 8.04. The van der Waals surface area contributed by atoms with E-state index in [1.165, 1.54) is 0 Å². The quantitative estimate of drug-likeness (QED) is 0.623. The van der Waals surface area contributed by atoms with Crippen LogP contribution in [0.15, 0.2) is 29.4 Å². The van der Waals surface area contributed by atoms with Gasteiger partial charge in [-0.2, -0.15) is 0 Å². The molecule has 17 heavy (non-hydrogen) atoms. The number of benzene rings is 1. The first-order valence-corrected chi connectivity index (χ1v) is 5.25. The van der Waals surface area contributed by atoms with Crippen molar-refractivity contribution in [2.45, 2.75) is 18.9 Å². The van der Waals surface area contributed by atoms with Gasteiger partial charge < -0.3 is 5.11 Å². The minimum absolute atomic E-state index is 0.0525. The van der Waals surface area contributed by atoms with Crippen LogP contribution in [0.25, 0.3) is 0 Å². The van der Waals surface area contributed by atoms with E-state index in [9.17, 15) is 14.5 Å². The van der Waals surface area contributed by atoms with Crippen molar-refractivity contribution in [1.82, 2.24) is 0 Å². The number of aryl methyl sites for hydroxylation is 1. The van der Waals surface area contributed by atoms with Crippen molar-refractivity contribution >= 4 is 23.4 Å². The Labute approximate surface area is 102 Å². The highest BCUT2D eigenvalue weighted by Gasteiger charge is 2.26. The molecule has 1 aromatic carbocycles. The maximum absolute atomic E-state index is 11.4. The van der Waals surface area contributed by atoms with E-state index >= 15 is 0 Å². The summed E-state index contributed by atoms with van der Waals surface area (Å²) in [5, 5.41) is 11.4. The molecule has 0 bridgehead atoms. The lowest BCUT2D eigenvalue weighted by atomic mass is 10.0. The predicted molar refractivity (Wildman–Crippen MR) is 62.0 cm³/mol. The van der Waals surface area contributed by atoms with E-state index in [2.05, 4.69) is 5.18 Å². The third-order valence-electron chi connectivity index (χ3n) is 2.19. The number of hydrogen-bond acceptors (Lipinski definition) is 4. The summed E-state index contributed by atoms with van der Waals surface area (Å²) < 4.78 is 0. The molecule has 6 heteroatoms. The van der Waals surface area contributed by atoms with Gasteiger partial charge in [0.2, 0.25) is 6.04 Å². The fourth-order valence-electron chi connectivity index (χ4n) is 1.34. The first-order valence-electron chi connectivity index (χ1n) is 4.87. The van der Waals surface area contributed by atoms with Crippen LogP contribution in [0.2, 0.25) is 5.02 Å². The van der Waals surface area contributed by atoms with E-state index in [1.807, 2.05) is 0 Å². The number of hydrogen-bond donors (Lipinski definition) is 1. The highest BCUT2D eigenvalue weighted by Crippen LogP contribution is 2.13. The van der Waals surface area contributed by atoms with E-state index in [0.29, 0.717) is 11.4 Å². The number of ketones is 1. The molecule has 1 unspecified atom stereocenters. The first kappa shape index (κ1) is 13.3. The Morgan fingerprint density at radius 3 is 2.65 bits per heavy atom. The van der Waals surface area contributed by atoms with Crippen LogP contribution < -0.4 is 0 Å². The summed E-state index contributed by atoms with van der Waals surface area (Å²) in [4.78, 5) is 32.0. The smallest absolute Gasteiger partial charge is 0.339 e. The second kappa shape index (κ2) is 6.10. The summed E-state index contributed by atoms with van der Waals surface area (Å²) in [6, 6.07) is 5.06. The van der Waals surface area contributed by atoms with Crippen LogP contribution in [-0.2, 0) is 16.0 Å². The maximum Gasteiger partial charge on any atom is 0.339 e. The van der Waals surface area contributed by atoms with Crippen LogP contribution in [0.4, 0.5) is 0 Å². The Bertz CT molecular complexity index is 447. The van der Waals surface area contributed by atoms with Crippen LogP contribution in [0.5, 0.6) is 0 Å². The van der Waals surface area contributed by atoms with Gasteiger partial charge in [-0.25, -0.2) is 4.79 Å². The van der Waals surface area contributed by atoms with Gasteiger partial charge in [-0.15, -0.1) is 4.91 Å². The van der Waals surface area contributed by atoms with Gasteiger partial charge in [0, 0.05) is 11.4 Å². The summed E-state index contributed by atoms with van der Waals surface area (Å²) in [6.45, 7) is 0. The summed E-state index contributed by atoms with van der Waals surface area (Å²) >= 11 is 5.75. The van der Waals surface area contributed by atoms with Gasteiger partial charge in [0.1, 0.15) is 0 Å². The number of Topliss-reactive ketones (excluding diaryl/α,β-unsaturated/α-hetero) is 1. The van der Waals surface area contributed by atoms with Crippen molar-refractivity contribution in [1.29, 1.82) is 0 Å². The molecule has 0 radical (unpaired) electrons. The third-order valence-corrected chi connectivity index (χ3v) is 2.43. The molecule has 90 valence electrons. The number of aliphatic carboxylic acids is 1. The normalized spacial score (nSPS) is 11.8. The molecule has 0 saturated carbocycles. The Kier molecular flexibility index (Phi) is 4.78. The topological polar surface area (TPSA) is 83.8 Å². The van der Waals surface area contributed by atoms with Crippen molar-refractivity contribution in [3.63, 3.8) is 0 Å². The van der Waals surface area contributed by atoms with Crippen LogP contribution in [0.1, 0.15) is 12.0 Å². The number of nitroso groups, excluding NO2 is 1. The monoisotopic (exact) mass is 255 g/mol. The molecule has 5 nitrogen and oxygen atoms in total. The van der Waals surface area contributed by atoms with E-state index in [1.54, 1.807) is 24.3 Å². The second-order valence-electron chi connectivity index (χ2n) is 3.44. The van der Waals surface area contributed by atoms with Gasteiger partial charge in [-0.3, -0.25) is 4.79 Å². The van der Waals surface area contributed by atoms with Crippen molar-refractivity contribution in [2.75, 3.05) is 0 Å². The fraction of sp³-hybridized carbons (Fsp3) is 0.273. The van der Waals surface area contributed by atoms with Gasteiger partial charge in [0.15, 0.2) is 5.78 Å². The third kappa shape index (κ3) is 3.96. The van der Waals surface area contributed by atoms with Crippen molar-refractivity contribution in [3.8, 4) is 0 Å². The molecule has 1 atom stereocenters. The van der Waals surface area contributed by atoms with E-state index in [-0.39, 0.29) is 6.42 Å². The molecule has 1 N–H and O–H groups in total. The number of rotatable bonds is 6. The molecule has 0 fully saturated rings. The molecule has 1 rings (SSSR count). The SMILES string of the molecule is O=NC(C(=O)O)C(=O)CCc1cccc(Cl)c1. The van der Waals surface area contributed by atoms with Gasteiger partial charge in [-0.1, -0.05) is 23.7 Å². The van der Waals surface area contributed by atoms with E-state index in [0.717, 1.165) is 5.56 Å². The molecule has 0 spiro atoms. The van der Waals surface area contributed by atoms with E-state index < -0.39 is 17.8 Å². The Morgan fingerprint density at radius 1 is 1.41 bits per heavy atom. The zero-order chi connectivity index (χ0) is 12.8. The average Bonchev–Trinajstić information content (AvgIpc) is 2.27. The molecule has 0 heterocycles. The number of carboxylic acid groups (broad SMARTS) is 1. The van der Waals surface area contributed by atoms with Crippen LogP contribution in [-0.4, -0.2) is 22.9 Å². The van der Waals surface area contributed by atoms with Crippen LogP contribution >= 0.6 is 11.6 Å². The molecular weight excluding hydrogens is 246 g/mol. The summed E-state index contributed by atoms with van der Waals surface area (Å²) in [5.41, 5.74) is 0.806. The molecule has 0 saturated heterocycles. The standard InChI is InChI=1S/C11H10ClNO4/c12-8-3-1-2-7(6-8)4-5-9(14)10(13-17)11(15)16/h1-3,6,10H,4-5H2,(H,15,16). The number of carbonyl (C=O) groups excluding carboxylic acids is 1. The molecular formula is C11H10ClNO4. The summed E-state index contributed by atoms with van der Waals surface area (Å²) in [5.74, 6) is -2.22. The minimum atomic E-state index is -1.81. The van der Waals surface area contributed by atoms with Crippen molar-refractivity contribution < 1.29 is 14.7 Å². The molecule has 0 amide bonds. The van der Waals surface area contributed by atoms with Gasteiger partial charge in [0.05, 0.1) is 0 Å². The number of nitrogens with zero attached hydrogens (tertiary/aromatic N) is 1. The molecule has 1 aromatic rings. The van der Waals surface area contributed by atoms with Gasteiger partial charge >= 0.3 is 5.97 Å². The second-order valence-corrected chi connectivity index (χ2v) is 3.88. The largest absolute Gasteiger partial charge is 0.479 e. The van der Waals surface area contributed by atoms with Crippen molar-refractivity contribution in [3.05, 3.63) is 39.8 Å². The van der Waals surface area contributed by atoms with Crippen LogP contribution in [0.3, 0.4) is 0 Å². The van der Waals surface area contributed by atoms with Gasteiger partial charge in [-0.05, 0) is 29.3 Å². The van der Waals surface area contributed by atoms with Crippen LogP contribution in [0, 0.1) is 4.91 Å². The lowest BCUT2D eigenvalue weighted by Gasteiger charge is -2.03. The summed E-state index contributed by atoms with van der Waals surface area (Å²) in [6.07, 6.45) is 0.280. The van der Waals surface area contributed by atoms with E-state index in [4.69, 9.17) is 16.7 Å². The summed E-state index contributed by atoms with van der Waals surface area (Å²) in [7, 11) is 0. The van der Waals surface area contributed by atoms with Gasteiger partial charge in [0.25, 0.3) is 0 Å². The average molecular weight is 256 g/mol. The minimum Gasteiger partial charge on any atom is -0.479 e. The Balaban J connectivity index is 2.59. The number of halogens is 1. The lowest BCUT2D eigenvalue weighted by molar-refractivity contribution is -0.142. The predicted octanol–water partition coefficient (Wildman–Crippen LogP) is 2.06. The molecule has 0 aliphatic heterocycles. The zero-order valence-electron chi connectivity index (χ0n) is 8.80. The molecule has 0 aromatic heterocycles. The van der Waals surface area contributed by atoms with Crippen molar-refractivity contribution in [2.24, 2.45) is 5.18 Å². The number of carbonyl (C=O) groups is 2. The highest BCUT2D eigenvalue weighted by molar-refractivity contribution is 6.30. The lowest BCUT2D eigenvalue weighted by Crippen LogP contribution is -2.27. The Morgan fingerprint density at radius 2 is 2.12 bits per heavy atom. The maximum atomic E-state index is 11.4. The number of carboxylic acids is 1. The molecule has 0 aliphatic carbocycles. The highest BCUT2D eigenvalue weighted by atomic mass is 35.5. The molecule has 0 aliphatic rings. The zero-order valence-corrected chi connectivity index (χ0v) is 9.55.